The van der Waals surface area contributed by atoms with Gasteiger partial charge in [-0.1, -0.05) is 17.7 Å². The van der Waals surface area contributed by atoms with Gasteiger partial charge in [-0.15, -0.1) is 0 Å². The van der Waals surface area contributed by atoms with Crippen LogP contribution in [0.2, 0.25) is 5.02 Å². The van der Waals surface area contributed by atoms with Gasteiger partial charge in [-0.05, 0) is 42.3 Å². The molecule has 0 saturated heterocycles. The molecular formula is C12H12ClNO. The van der Waals surface area contributed by atoms with E-state index in [0.29, 0.717) is 5.02 Å². The Bertz CT molecular complexity index is 430. The minimum absolute atomic E-state index is 0.641. The number of aromatic amines is 1. The van der Waals surface area contributed by atoms with E-state index in [4.69, 9.17) is 11.6 Å². The third kappa shape index (κ3) is 2.22. The molecule has 2 nitrogen and oxygen atoms in total. The average Bonchev–Trinajstić information content (AvgIpc) is 2.67. The van der Waals surface area contributed by atoms with E-state index in [1.165, 1.54) is 0 Å². The second kappa shape index (κ2) is 4.09. The van der Waals surface area contributed by atoms with Gasteiger partial charge >= 0.3 is 0 Å². The van der Waals surface area contributed by atoms with Gasteiger partial charge in [-0.2, -0.15) is 0 Å². The number of H-pyrrole nitrogens is 1. The fraction of sp³-hybridized carbons (Fsp3) is 0.167. The highest BCUT2D eigenvalue weighted by Gasteiger charge is 2.11. The first-order valence-electron chi connectivity index (χ1n) is 4.75. The molecule has 0 fully saturated rings. The first-order valence-corrected chi connectivity index (χ1v) is 5.13. The molecule has 0 aliphatic heterocycles. The summed E-state index contributed by atoms with van der Waals surface area (Å²) in [5, 5.41) is 10.7. The minimum atomic E-state index is -0.641. The number of hydrogen-bond donors (Lipinski definition) is 2. The van der Waals surface area contributed by atoms with Crippen molar-refractivity contribution in [1.82, 2.24) is 4.98 Å². The average molecular weight is 222 g/mol. The monoisotopic (exact) mass is 221 g/mol. The Hall–Kier alpha value is -1.25. The molecule has 1 heterocycles. The van der Waals surface area contributed by atoms with E-state index < -0.39 is 6.10 Å². The molecule has 1 aromatic carbocycles. The molecule has 1 atom stereocenters. The molecule has 3 heteroatoms. The standard InChI is InChI=1S/C12H12ClNO/c1-8-5-9(7-10(13)6-8)12(15)11-3-2-4-14-11/h2-7,12,14-15H,1H3. The van der Waals surface area contributed by atoms with Gasteiger partial charge < -0.3 is 10.1 Å². The van der Waals surface area contributed by atoms with Gasteiger partial charge in [0, 0.05) is 16.9 Å². The van der Waals surface area contributed by atoms with Crippen molar-refractivity contribution in [3.8, 4) is 0 Å². The van der Waals surface area contributed by atoms with E-state index in [2.05, 4.69) is 4.98 Å². The van der Waals surface area contributed by atoms with Crippen LogP contribution in [-0.4, -0.2) is 10.1 Å². The Morgan fingerprint density at radius 3 is 2.73 bits per heavy atom. The number of aliphatic hydroxyl groups is 1. The highest BCUT2D eigenvalue weighted by atomic mass is 35.5. The second-order valence-electron chi connectivity index (χ2n) is 3.59. The number of aryl methyl sites for hydroxylation is 1. The van der Waals surface area contributed by atoms with E-state index in [0.717, 1.165) is 16.8 Å². The van der Waals surface area contributed by atoms with Crippen LogP contribution in [0.3, 0.4) is 0 Å². The summed E-state index contributed by atoms with van der Waals surface area (Å²) < 4.78 is 0. The van der Waals surface area contributed by atoms with Crippen LogP contribution in [0.15, 0.2) is 36.5 Å². The van der Waals surface area contributed by atoms with Gasteiger partial charge in [0.15, 0.2) is 0 Å². The summed E-state index contributed by atoms with van der Waals surface area (Å²) in [5.41, 5.74) is 2.63. The van der Waals surface area contributed by atoms with Crippen molar-refractivity contribution in [2.75, 3.05) is 0 Å². The summed E-state index contributed by atoms with van der Waals surface area (Å²) in [6.45, 7) is 1.96. The van der Waals surface area contributed by atoms with Crippen molar-refractivity contribution in [2.45, 2.75) is 13.0 Å². The van der Waals surface area contributed by atoms with E-state index >= 15 is 0 Å². The summed E-state index contributed by atoms with van der Waals surface area (Å²) in [7, 11) is 0. The van der Waals surface area contributed by atoms with Crippen LogP contribution in [0.1, 0.15) is 22.9 Å². The Kier molecular flexibility index (Phi) is 2.80. The lowest BCUT2D eigenvalue weighted by molar-refractivity contribution is 0.216. The van der Waals surface area contributed by atoms with Gasteiger partial charge in [0.05, 0.1) is 0 Å². The minimum Gasteiger partial charge on any atom is -0.382 e. The van der Waals surface area contributed by atoms with Crippen LogP contribution in [0.5, 0.6) is 0 Å². The van der Waals surface area contributed by atoms with E-state index in [1.807, 2.05) is 31.2 Å². The number of nitrogens with one attached hydrogen (secondary N) is 1. The molecule has 0 spiro atoms. The molecule has 0 aliphatic rings. The van der Waals surface area contributed by atoms with Crippen molar-refractivity contribution in [2.24, 2.45) is 0 Å². The molecule has 15 heavy (non-hydrogen) atoms. The van der Waals surface area contributed by atoms with Crippen LogP contribution < -0.4 is 0 Å². The molecule has 0 amide bonds. The van der Waals surface area contributed by atoms with Crippen LogP contribution in [0.4, 0.5) is 0 Å². The van der Waals surface area contributed by atoms with Crippen molar-refractivity contribution < 1.29 is 5.11 Å². The summed E-state index contributed by atoms with van der Waals surface area (Å²) in [4.78, 5) is 2.98. The van der Waals surface area contributed by atoms with Crippen LogP contribution in [-0.2, 0) is 0 Å². The van der Waals surface area contributed by atoms with Crippen molar-refractivity contribution in [1.29, 1.82) is 0 Å². The highest BCUT2D eigenvalue weighted by molar-refractivity contribution is 6.30. The normalized spacial score (nSPS) is 12.7. The topological polar surface area (TPSA) is 36.0 Å². The lowest BCUT2D eigenvalue weighted by atomic mass is 10.0. The third-order valence-corrected chi connectivity index (χ3v) is 2.52. The highest BCUT2D eigenvalue weighted by Crippen LogP contribution is 2.24. The molecule has 2 aromatic rings. The Morgan fingerprint density at radius 2 is 2.13 bits per heavy atom. The summed E-state index contributed by atoms with van der Waals surface area (Å²) in [6.07, 6.45) is 1.15. The van der Waals surface area contributed by atoms with Crippen molar-refractivity contribution >= 4 is 11.6 Å². The molecule has 0 radical (unpaired) electrons. The van der Waals surface area contributed by atoms with Gasteiger partial charge in [-0.25, -0.2) is 0 Å². The Balaban J connectivity index is 2.37. The van der Waals surface area contributed by atoms with E-state index in [9.17, 15) is 5.11 Å². The zero-order chi connectivity index (χ0) is 10.8. The maximum absolute atomic E-state index is 10.0. The first kappa shape index (κ1) is 10.3. The molecular weight excluding hydrogens is 210 g/mol. The molecule has 0 saturated carbocycles. The van der Waals surface area contributed by atoms with Crippen molar-refractivity contribution in [3.05, 3.63) is 58.4 Å². The third-order valence-electron chi connectivity index (χ3n) is 2.30. The first-order chi connectivity index (χ1) is 7.16. The molecule has 78 valence electrons. The SMILES string of the molecule is Cc1cc(Cl)cc(C(O)c2ccc[nH]2)c1. The lowest BCUT2D eigenvalue weighted by Crippen LogP contribution is -2.00. The molecule has 1 unspecified atom stereocenters. The maximum Gasteiger partial charge on any atom is 0.119 e. The number of halogens is 1. The van der Waals surface area contributed by atoms with Crippen LogP contribution in [0.25, 0.3) is 0 Å². The maximum atomic E-state index is 10.0. The predicted octanol–water partition coefficient (Wildman–Crippen LogP) is 3.06. The number of hydrogen-bond acceptors (Lipinski definition) is 1. The van der Waals surface area contributed by atoms with Crippen LogP contribution in [0, 0.1) is 6.92 Å². The quantitative estimate of drug-likeness (QED) is 0.804. The smallest absolute Gasteiger partial charge is 0.119 e. The summed E-state index contributed by atoms with van der Waals surface area (Å²) in [5.74, 6) is 0. The number of aromatic nitrogens is 1. The van der Waals surface area contributed by atoms with E-state index in [1.54, 1.807) is 12.3 Å². The molecule has 2 N–H and O–H groups in total. The lowest BCUT2D eigenvalue weighted by Gasteiger charge is -2.10. The fourth-order valence-corrected chi connectivity index (χ4v) is 1.91. The van der Waals surface area contributed by atoms with Crippen LogP contribution >= 0.6 is 11.6 Å². The van der Waals surface area contributed by atoms with Crippen molar-refractivity contribution in [3.63, 3.8) is 0 Å². The van der Waals surface area contributed by atoms with Gasteiger partial charge in [-0.3, -0.25) is 0 Å². The number of benzene rings is 1. The number of rotatable bonds is 2. The molecule has 0 aliphatic carbocycles. The Morgan fingerprint density at radius 1 is 1.33 bits per heavy atom. The van der Waals surface area contributed by atoms with Gasteiger partial charge in [0.1, 0.15) is 6.10 Å². The molecule has 1 aromatic heterocycles. The second-order valence-corrected chi connectivity index (χ2v) is 4.03. The zero-order valence-corrected chi connectivity index (χ0v) is 9.12. The molecule has 0 bridgehead atoms. The predicted molar refractivity (Wildman–Crippen MR) is 61.0 cm³/mol. The zero-order valence-electron chi connectivity index (χ0n) is 8.37. The van der Waals surface area contributed by atoms with Gasteiger partial charge in [0.25, 0.3) is 0 Å². The van der Waals surface area contributed by atoms with E-state index in [-0.39, 0.29) is 0 Å². The van der Waals surface area contributed by atoms with Gasteiger partial charge in [0.2, 0.25) is 0 Å². The largest absolute Gasteiger partial charge is 0.382 e. The number of aliphatic hydroxyl groups excluding tert-OH is 1. The molecule has 2 rings (SSSR count). The summed E-state index contributed by atoms with van der Waals surface area (Å²) in [6, 6.07) is 9.28. The fourth-order valence-electron chi connectivity index (χ4n) is 1.62. The Labute approximate surface area is 93.5 Å². The summed E-state index contributed by atoms with van der Waals surface area (Å²) >= 11 is 5.93.